The summed E-state index contributed by atoms with van der Waals surface area (Å²) in [5.74, 6) is 0.735. The number of nitrogens with one attached hydrogen (secondary N) is 1. The van der Waals surface area contributed by atoms with E-state index in [0.29, 0.717) is 5.02 Å². The maximum absolute atomic E-state index is 12.4. The van der Waals surface area contributed by atoms with Crippen molar-refractivity contribution < 1.29 is 4.79 Å². The second-order valence-corrected chi connectivity index (χ2v) is 7.38. The number of aryl methyl sites for hydroxylation is 2. The summed E-state index contributed by atoms with van der Waals surface area (Å²) in [6.45, 7) is 3.80. The summed E-state index contributed by atoms with van der Waals surface area (Å²) >= 11 is 7.36. The van der Waals surface area contributed by atoms with Gasteiger partial charge in [-0.15, -0.1) is 0 Å². The first-order valence-electron chi connectivity index (χ1n) is 7.62. The molecule has 1 aliphatic carbocycles. The van der Waals surface area contributed by atoms with E-state index in [1.807, 2.05) is 13.8 Å². The Morgan fingerprint density at radius 3 is 2.74 bits per heavy atom. The summed E-state index contributed by atoms with van der Waals surface area (Å²) in [6, 6.07) is 7.11. The first-order valence-corrected chi connectivity index (χ1v) is 8.88. The second kappa shape index (κ2) is 6.89. The summed E-state index contributed by atoms with van der Waals surface area (Å²) in [5, 5.41) is 4.28. The van der Waals surface area contributed by atoms with Crippen LogP contribution in [0.2, 0.25) is 5.02 Å². The molecule has 1 aromatic carbocycles. The SMILES string of the molecule is Cc1nc2c(c(SC(C)C(=O)Nc3ccc(Cl)cc3)n1)CCC2. The lowest BCUT2D eigenvalue weighted by molar-refractivity contribution is -0.115. The minimum atomic E-state index is -0.232. The standard InChI is InChI=1S/C17H18ClN3OS/c1-10(16(22)21-13-8-6-12(18)7-9-13)23-17-14-4-3-5-15(14)19-11(2)20-17/h6-10H,3-5H2,1-2H3,(H,21,22). The van der Waals surface area contributed by atoms with Crippen LogP contribution in [0.15, 0.2) is 29.3 Å². The molecule has 0 saturated heterocycles. The molecule has 1 aromatic heterocycles. The third kappa shape index (κ3) is 3.85. The van der Waals surface area contributed by atoms with E-state index in [1.54, 1.807) is 24.3 Å². The average Bonchev–Trinajstić information content (AvgIpc) is 2.97. The molecule has 0 fully saturated rings. The number of halogens is 1. The maximum atomic E-state index is 12.4. The van der Waals surface area contributed by atoms with Crippen LogP contribution in [0.4, 0.5) is 5.69 Å². The number of carbonyl (C=O) groups is 1. The molecule has 2 aromatic rings. The van der Waals surface area contributed by atoms with Gasteiger partial charge in [0, 0.05) is 22.0 Å². The summed E-state index contributed by atoms with van der Waals surface area (Å²) < 4.78 is 0. The van der Waals surface area contributed by atoms with Crippen LogP contribution in [0.5, 0.6) is 0 Å². The predicted octanol–water partition coefficient (Wildman–Crippen LogP) is 4.05. The summed E-state index contributed by atoms with van der Waals surface area (Å²) in [5.41, 5.74) is 3.10. The number of carbonyl (C=O) groups excluding carboxylic acids is 1. The van der Waals surface area contributed by atoms with Crippen molar-refractivity contribution in [3.8, 4) is 0 Å². The lowest BCUT2D eigenvalue weighted by Crippen LogP contribution is -2.22. The van der Waals surface area contributed by atoms with Gasteiger partial charge in [0.2, 0.25) is 5.91 Å². The first kappa shape index (κ1) is 16.3. The lowest BCUT2D eigenvalue weighted by Gasteiger charge is -2.14. The van der Waals surface area contributed by atoms with E-state index in [-0.39, 0.29) is 11.2 Å². The van der Waals surface area contributed by atoms with Gasteiger partial charge in [0.05, 0.1) is 5.25 Å². The molecule has 0 saturated carbocycles. The van der Waals surface area contributed by atoms with Crippen LogP contribution in [-0.4, -0.2) is 21.1 Å². The summed E-state index contributed by atoms with van der Waals surface area (Å²) in [7, 11) is 0. The van der Waals surface area contributed by atoms with Crippen molar-refractivity contribution in [3.05, 3.63) is 46.4 Å². The van der Waals surface area contributed by atoms with E-state index in [9.17, 15) is 4.79 Å². The molecular weight excluding hydrogens is 330 g/mol. The number of anilines is 1. The van der Waals surface area contributed by atoms with Gasteiger partial charge < -0.3 is 5.32 Å². The molecule has 1 amide bonds. The van der Waals surface area contributed by atoms with Gasteiger partial charge in [0.15, 0.2) is 0 Å². The van der Waals surface area contributed by atoms with Gasteiger partial charge in [-0.3, -0.25) is 4.79 Å². The molecule has 0 bridgehead atoms. The monoisotopic (exact) mass is 347 g/mol. The number of fused-ring (bicyclic) bond motifs is 1. The van der Waals surface area contributed by atoms with Crippen molar-refractivity contribution in [1.82, 2.24) is 9.97 Å². The van der Waals surface area contributed by atoms with Gasteiger partial charge in [-0.1, -0.05) is 23.4 Å². The van der Waals surface area contributed by atoms with Crippen molar-refractivity contribution in [2.24, 2.45) is 0 Å². The fourth-order valence-corrected chi connectivity index (χ4v) is 3.79. The molecule has 4 nitrogen and oxygen atoms in total. The summed E-state index contributed by atoms with van der Waals surface area (Å²) in [6.07, 6.45) is 3.13. The van der Waals surface area contributed by atoms with E-state index in [1.165, 1.54) is 17.3 Å². The average molecular weight is 348 g/mol. The Labute approximate surface area is 145 Å². The van der Waals surface area contributed by atoms with Gasteiger partial charge in [-0.05, 0) is 57.4 Å². The molecule has 120 valence electrons. The van der Waals surface area contributed by atoms with Gasteiger partial charge in [0.1, 0.15) is 10.9 Å². The Balaban J connectivity index is 1.70. The van der Waals surface area contributed by atoms with E-state index < -0.39 is 0 Å². The van der Waals surface area contributed by atoms with E-state index >= 15 is 0 Å². The van der Waals surface area contributed by atoms with Gasteiger partial charge in [-0.2, -0.15) is 0 Å². The molecule has 0 spiro atoms. The fourth-order valence-electron chi connectivity index (χ4n) is 2.61. The van der Waals surface area contributed by atoms with Crippen LogP contribution in [0.25, 0.3) is 0 Å². The van der Waals surface area contributed by atoms with Crippen molar-refractivity contribution in [2.45, 2.75) is 43.4 Å². The van der Waals surface area contributed by atoms with Crippen LogP contribution in [-0.2, 0) is 17.6 Å². The highest BCUT2D eigenvalue weighted by atomic mass is 35.5. The molecule has 23 heavy (non-hydrogen) atoms. The zero-order valence-corrected chi connectivity index (χ0v) is 14.7. The van der Waals surface area contributed by atoms with Gasteiger partial charge >= 0.3 is 0 Å². The van der Waals surface area contributed by atoms with Crippen LogP contribution >= 0.6 is 23.4 Å². The van der Waals surface area contributed by atoms with E-state index in [4.69, 9.17) is 11.6 Å². The Morgan fingerprint density at radius 1 is 1.26 bits per heavy atom. The molecule has 0 radical (unpaired) electrons. The normalized spacial score (nSPS) is 14.4. The molecule has 1 heterocycles. The smallest absolute Gasteiger partial charge is 0.237 e. The molecule has 3 rings (SSSR count). The van der Waals surface area contributed by atoms with Crippen molar-refractivity contribution in [2.75, 3.05) is 5.32 Å². The Kier molecular flexibility index (Phi) is 4.87. The largest absolute Gasteiger partial charge is 0.325 e. The summed E-state index contributed by atoms with van der Waals surface area (Å²) in [4.78, 5) is 21.4. The Hall–Kier alpha value is -1.59. The zero-order valence-electron chi connectivity index (χ0n) is 13.1. The first-order chi connectivity index (χ1) is 11.0. The number of hydrogen-bond donors (Lipinski definition) is 1. The molecule has 1 atom stereocenters. The quantitative estimate of drug-likeness (QED) is 0.669. The Morgan fingerprint density at radius 2 is 2.00 bits per heavy atom. The Bertz CT molecular complexity index is 733. The van der Waals surface area contributed by atoms with Crippen LogP contribution in [0, 0.1) is 6.92 Å². The van der Waals surface area contributed by atoms with Gasteiger partial charge in [0.25, 0.3) is 0 Å². The van der Waals surface area contributed by atoms with Crippen LogP contribution < -0.4 is 5.32 Å². The number of amides is 1. The number of thioether (sulfide) groups is 1. The molecule has 1 N–H and O–H groups in total. The minimum absolute atomic E-state index is 0.0414. The second-order valence-electron chi connectivity index (χ2n) is 5.61. The van der Waals surface area contributed by atoms with Gasteiger partial charge in [-0.25, -0.2) is 9.97 Å². The highest BCUT2D eigenvalue weighted by molar-refractivity contribution is 8.00. The van der Waals surface area contributed by atoms with E-state index in [0.717, 1.165) is 41.5 Å². The predicted molar refractivity (Wildman–Crippen MR) is 94.2 cm³/mol. The number of aromatic nitrogens is 2. The van der Waals surface area contributed by atoms with Crippen LogP contribution in [0.3, 0.4) is 0 Å². The molecule has 1 aliphatic rings. The topological polar surface area (TPSA) is 54.9 Å². The van der Waals surface area contributed by atoms with Crippen molar-refractivity contribution in [1.29, 1.82) is 0 Å². The minimum Gasteiger partial charge on any atom is -0.325 e. The third-order valence-corrected chi connectivity index (χ3v) is 5.16. The number of hydrogen-bond acceptors (Lipinski definition) is 4. The maximum Gasteiger partial charge on any atom is 0.237 e. The zero-order chi connectivity index (χ0) is 16.4. The number of nitrogens with zero attached hydrogens (tertiary/aromatic N) is 2. The van der Waals surface area contributed by atoms with E-state index in [2.05, 4.69) is 15.3 Å². The van der Waals surface area contributed by atoms with Crippen molar-refractivity contribution in [3.63, 3.8) is 0 Å². The number of benzene rings is 1. The van der Waals surface area contributed by atoms with Crippen molar-refractivity contribution >= 4 is 35.0 Å². The molecule has 6 heteroatoms. The highest BCUT2D eigenvalue weighted by Gasteiger charge is 2.22. The molecule has 0 aliphatic heterocycles. The van der Waals surface area contributed by atoms with Crippen LogP contribution in [0.1, 0.15) is 30.4 Å². The number of rotatable bonds is 4. The molecular formula is C17H18ClN3OS. The molecule has 1 unspecified atom stereocenters. The fraction of sp³-hybridized carbons (Fsp3) is 0.353. The lowest BCUT2D eigenvalue weighted by atomic mass is 10.3. The third-order valence-electron chi connectivity index (χ3n) is 3.78. The highest BCUT2D eigenvalue weighted by Crippen LogP contribution is 2.32.